The lowest BCUT2D eigenvalue weighted by Crippen LogP contribution is -2.34. The lowest BCUT2D eigenvalue weighted by molar-refractivity contribution is -0.210. The minimum atomic E-state index is -4.73. The van der Waals surface area contributed by atoms with Crippen molar-refractivity contribution in [3.8, 4) is 5.75 Å². The van der Waals surface area contributed by atoms with E-state index in [0.29, 0.717) is 5.56 Å². The smallest absolute Gasteiger partial charge is 0.417 e. The van der Waals surface area contributed by atoms with Gasteiger partial charge in [0.15, 0.2) is 6.10 Å². The van der Waals surface area contributed by atoms with Gasteiger partial charge in [-0.2, -0.15) is 13.2 Å². The van der Waals surface area contributed by atoms with Gasteiger partial charge < -0.3 is 15.1 Å². The van der Waals surface area contributed by atoms with E-state index in [-0.39, 0.29) is 11.5 Å². The van der Waals surface area contributed by atoms with Crippen LogP contribution < -0.4 is 4.74 Å². The molecule has 0 aromatic heterocycles. The molecule has 19 heavy (non-hydrogen) atoms. The van der Waals surface area contributed by atoms with Gasteiger partial charge in [-0.1, -0.05) is 11.2 Å². The zero-order valence-corrected chi connectivity index (χ0v) is 10.4. The average molecular weight is 277 g/mol. The van der Waals surface area contributed by atoms with Crippen LogP contribution in [0.4, 0.5) is 13.2 Å². The molecular formula is C12H14F3NO3. The summed E-state index contributed by atoms with van der Waals surface area (Å²) < 4.78 is 41.5. The van der Waals surface area contributed by atoms with E-state index >= 15 is 0 Å². The summed E-state index contributed by atoms with van der Waals surface area (Å²) in [6.45, 7) is 2.30. The highest BCUT2D eigenvalue weighted by atomic mass is 19.4. The molecule has 0 aliphatic rings. The minimum absolute atomic E-state index is 0.124. The molecular weight excluding hydrogens is 263 g/mol. The first-order valence-corrected chi connectivity index (χ1v) is 5.43. The Kier molecular flexibility index (Phi) is 4.77. The van der Waals surface area contributed by atoms with Gasteiger partial charge in [-0.15, -0.1) is 0 Å². The maximum atomic E-state index is 12.2. The Hall–Kier alpha value is -1.76. The first-order chi connectivity index (χ1) is 8.75. The Morgan fingerprint density at radius 3 is 2.58 bits per heavy atom. The molecule has 1 atom stereocenters. The third-order valence-corrected chi connectivity index (χ3v) is 2.45. The van der Waals surface area contributed by atoms with E-state index in [2.05, 4.69) is 5.16 Å². The number of hydrogen-bond acceptors (Lipinski definition) is 4. The quantitative estimate of drug-likeness (QED) is 0.505. The van der Waals surface area contributed by atoms with E-state index < -0.39 is 18.9 Å². The first kappa shape index (κ1) is 15.3. The van der Waals surface area contributed by atoms with Crippen LogP contribution in [0.3, 0.4) is 0 Å². The van der Waals surface area contributed by atoms with Crippen molar-refractivity contribution in [1.29, 1.82) is 0 Å². The number of ether oxygens (including phenoxy) is 1. The topological polar surface area (TPSA) is 62.1 Å². The van der Waals surface area contributed by atoms with Crippen LogP contribution in [-0.4, -0.2) is 34.9 Å². The lowest BCUT2D eigenvalue weighted by atomic mass is 10.1. The molecule has 0 heterocycles. The van der Waals surface area contributed by atoms with Crippen molar-refractivity contribution in [3.05, 3.63) is 29.3 Å². The van der Waals surface area contributed by atoms with Crippen molar-refractivity contribution >= 4 is 5.71 Å². The number of aliphatic hydroxyl groups excluding tert-OH is 1. The molecule has 0 saturated heterocycles. The van der Waals surface area contributed by atoms with Gasteiger partial charge in [0.1, 0.15) is 12.4 Å². The summed E-state index contributed by atoms with van der Waals surface area (Å²) >= 11 is 0. The van der Waals surface area contributed by atoms with Crippen molar-refractivity contribution in [2.45, 2.75) is 26.1 Å². The van der Waals surface area contributed by atoms with Crippen molar-refractivity contribution < 1.29 is 28.2 Å². The van der Waals surface area contributed by atoms with Crippen LogP contribution in [0.15, 0.2) is 23.4 Å². The van der Waals surface area contributed by atoms with Crippen molar-refractivity contribution in [1.82, 2.24) is 0 Å². The van der Waals surface area contributed by atoms with Gasteiger partial charge in [0, 0.05) is 5.56 Å². The van der Waals surface area contributed by atoms with Crippen molar-refractivity contribution in [2.24, 2.45) is 5.16 Å². The second kappa shape index (κ2) is 5.92. The minimum Gasteiger partial charge on any atom is -0.490 e. The molecule has 0 saturated carbocycles. The number of aryl methyl sites for hydroxylation is 1. The summed E-state index contributed by atoms with van der Waals surface area (Å²) in [6.07, 6.45) is -7.29. The Balaban J connectivity index is 2.91. The Labute approximate surface area is 108 Å². The zero-order chi connectivity index (χ0) is 14.6. The van der Waals surface area contributed by atoms with Crippen molar-refractivity contribution in [2.75, 3.05) is 6.61 Å². The van der Waals surface area contributed by atoms with Crippen LogP contribution in [0.25, 0.3) is 0 Å². The van der Waals surface area contributed by atoms with Gasteiger partial charge in [0.05, 0.1) is 5.71 Å². The predicted octanol–water partition coefficient (Wildman–Crippen LogP) is 2.50. The number of oxime groups is 1. The number of nitrogens with zero attached hydrogens (tertiary/aromatic N) is 1. The molecule has 0 radical (unpaired) electrons. The number of rotatable bonds is 4. The van der Waals surface area contributed by atoms with Gasteiger partial charge in [0.2, 0.25) is 0 Å². The highest BCUT2D eigenvalue weighted by Gasteiger charge is 2.38. The number of aliphatic hydroxyl groups is 1. The maximum absolute atomic E-state index is 12.2. The summed E-state index contributed by atoms with van der Waals surface area (Å²) in [4.78, 5) is 0. The summed E-state index contributed by atoms with van der Waals surface area (Å²) in [7, 11) is 0. The predicted molar refractivity (Wildman–Crippen MR) is 62.7 cm³/mol. The fourth-order valence-electron chi connectivity index (χ4n) is 1.36. The third-order valence-electron chi connectivity index (χ3n) is 2.45. The van der Waals surface area contributed by atoms with Crippen LogP contribution in [0.5, 0.6) is 5.75 Å². The number of halogens is 3. The molecule has 1 aromatic carbocycles. The molecule has 0 amide bonds. The molecule has 1 aromatic rings. The first-order valence-electron chi connectivity index (χ1n) is 5.43. The summed E-state index contributed by atoms with van der Waals surface area (Å²) in [5, 5.41) is 20.5. The molecule has 106 valence electrons. The monoisotopic (exact) mass is 277 g/mol. The summed E-state index contributed by atoms with van der Waals surface area (Å²) in [5.74, 6) is 0.124. The maximum Gasteiger partial charge on any atom is 0.417 e. The number of hydrogen-bond donors (Lipinski definition) is 2. The zero-order valence-electron chi connectivity index (χ0n) is 10.4. The molecule has 0 fully saturated rings. The number of benzene rings is 1. The molecule has 0 spiro atoms. The molecule has 0 aliphatic heterocycles. The van der Waals surface area contributed by atoms with Crippen molar-refractivity contribution in [3.63, 3.8) is 0 Å². The van der Waals surface area contributed by atoms with E-state index in [4.69, 9.17) is 15.1 Å². The van der Waals surface area contributed by atoms with E-state index in [9.17, 15) is 13.2 Å². The van der Waals surface area contributed by atoms with Crippen LogP contribution in [0.2, 0.25) is 0 Å². The van der Waals surface area contributed by atoms with Gasteiger partial charge in [-0.3, -0.25) is 0 Å². The SMILES string of the molecule is CC(=NO)c1ccc(C)cc1OCC(O)C(F)(F)F. The van der Waals surface area contributed by atoms with Gasteiger partial charge in [0.25, 0.3) is 0 Å². The fourth-order valence-corrected chi connectivity index (χ4v) is 1.36. The van der Waals surface area contributed by atoms with Gasteiger partial charge in [-0.25, -0.2) is 0 Å². The summed E-state index contributed by atoms with van der Waals surface area (Å²) in [5.41, 5.74) is 1.34. The van der Waals surface area contributed by atoms with E-state index in [1.54, 1.807) is 19.1 Å². The lowest BCUT2D eigenvalue weighted by Gasteiger charge is -2.17. The average Bonchev–Trinajstić information content (AvgIpc) is 2.33. The second-order valence-electron chi connectivity index (χ2n) is 4.05. The third kappa shape index (κ3) is 4.13. The van der Waals surface area contributed by atoms with E-state index in [1.807, 2.05) is 0 Å². The molecule has 0 aliphatic carbocycles. The van der Waals surface area contributed by atoms with Gasteiger partial charge in [-0.05, 0) is 31.5 Å². The highest BCUT2D eigenvalue weighted by molar-refractivity contribution is 6.00. The Bertz CT molecular complexity index is 472. The molecule has 2 N–H and O–H groups in total. The molecule has 1 rings (SSSR count). The largest absolute Gasteiger partial charge is 0.490 e. The second-order valence-corrected chi connectivity index (χ2v) is 4.05. The Morgan fingerprint density at radius 1 is 1.42 bits per heavy atom. The number of alkyl halides is 3. The van der Waals surface area contributed by atoms with Gasteiger partial charge >= 0.3 is 6.18 Å². The fraction of sp³-hybridized carbons (Fsp3) is 0.417. The molecule has 0 bridgehead atoms. The van der Waals surface area contributed by atoms with Crippen LogP contribution >= 0.6 is 0 Å². The van der Waals surface area contributed by atoms with E-state index in [0.717, 1.165) is 5.56 Å². The summed E-state index contributed by atoms with van der Waals surface area (Å²) in [6, 6.07) is 4.78. The molecule has 4 nitrogen and oxygen atoms in total. The van der Waals surface area contributed by atoms with E-state index in [1.165, 1.54) is 13.0 Å². The molecule has 7 heteroatoms. The molecule has 1 unspecified atom stereocenters. The Morgan fingerprint density at radius 2 is 2.05 bits per heavy atom. The normalized spacial score (nSPS) is 14.3. The van der Waals surface area contributed by atoms with Crippen LogP contribution in [0.1, 0.15) is 18.1 Å². The van der Waals surface area contributed by atoms with Crippen LogP contribution in [0, 0.1) is 6.92 Å². The van der Waals surface area contributed by atoms with Crippen LogP contribution in [-0.2, 0) is 0 Å². The highest BCUT2D eigenvalue weighted by Crippen LogP contribution is 2.24. The standard InChI is InChI=1S/C12H14F3NO3/c1-7-3-4-9(8(2)16-18)10(5-7)19-6-11(17)12(13,14)15/h3-5,11,17-18H,6H2,1-2H3.